The maximum atomic E-state index is 11.9. The number of amides is 1. The molecule has 1 aliphatic rings. The summed E-state index contributed by atoms with van der Waals surface area (Å²) < 4.78 is 0. The maximum Gasteiger partial charge on any atom is 0.251 e. The summed E-state index contributed by atoms with van der Waals surface area (Å²) in [7, 11) is 0. The fourth-order valence-corrected chi connectivity index (χ4v) is 2.35. The number of nitrogens with one attached hydrogen (secondary N) is 1. The van der Waals surface area contributed by atoms with Gasteiger partial charge in [0.1, 0.15) is 0 Å². The molecule has 2 N–H and O–H groups in total. The van der Waals surface area contributed by atoms with E-state index in [2.05, 4.69) is 5.32 Å². The van der Waals surface area contributed by atoms with Crippen molar-refractivity contribution in [2.75, 3.05) is 13.2 Å². The van der Waals surface area contributed by atoms with Crippen molar-refractivity contribution in [3.8, 4) is 0 Å². The molecule has 0 atom stereocenters. The van der Waals surface area contributed by atoms with Crippen LogP contribution in [-0.4, -0.2) is 24.2 Å². The molecule has 0 bridgehead atoms. The van der Waals surface area contributed by atoms with Crippen LogP contribution >= 0.6 is 0 Å². The Labute approximate surface area is 151 Å². The van der Waals surface area contributed by atoms with Crippen LogP contribution in [-0.2, 0) is 19.6 Å². The molecule has 1 fully saturated rings. The standard InChI is InChI=1S/C19H21NO6/c1-13-3-5-15(6-4-13)18-23-25-19(26-24-18)16-9-7-14(8-10-16)17(22)20-11-2-12-21/h3-10,18-19,21H,2,11-12H2,1H3,(H,20,22). The first-order valence-corrected chi connectivity index (χ1v) is 8.37. The van der Waals surface area contributed by atoms with Crippen LogP contribution in [0.5, 0.6) is 0 Å². The first-order chi connectivity index (χ1) is 12.7. The molecule has 0 unspecified atom stereocenters. The van der Waals surface area contributed by atoms with Crippen LogP contribution in [0.25, 0.3) is 0 Å². The summed E-state index contributed by atoms with van der Waals surface area (Å²) in [5, 5.41) is 11.4. The number of hydrogen-bond donors (Lipinski definition) is 2. The Morgan fingerprint density at radius 2 is 1.42 bits per heavy atom. The minimum atomic E-state index is -0.844. The highest BCUT2D eigenvalue weighted by Gasteiger charge is 2.28. The minimum absolute atomic E-state index is 0.0408. The summed E-state index contributed by atoms with van der Waals surface area (Å²) in [6.07, 6.45) is -1.09. The lowest BCUT2D eigenvalue weighted by Crippen LogP contribution is -2.25. The summed E-state index contributed by atoms with van der Waals surface area (Å²) in [5.74, 6) is -0.206. The highest BCUT2D eigenvalue weighted by molar-refractivity contribution is 5.94. The van der Waals surface area contributed by atoms with Crippen molar-refractivity contribution in [1.82, 2.24) is 5.32 Å². The first kappa shape index (κ1) is 18.5. The molecule has 0 spiro atoms. The van der Waals surface area contributed by atoms with Gasteiger partial charge in [0, 0.05) is 29.8 Å². The molecule has 2 aromatic carbocycles. The molecule has 1 aliphatic heterocycles. The number of benzene rings is 2. The summed E-state index contributed by atoms with van der Waals surface area (Å²) in [6, 6.07) is 14.3. The number of aliphatic hydroxyl groups excluding tert-OH is 1. The predicted octanol–water partition coefficient (Wildman–Crippen LogP) is 2.71. The zero-order valence-corrected chi connectivity index (χ0v) is 14.4. The molecule has 7 nitrogen and oxygen atoms in total. The molecule has 0 saturated carbocycles. The van der Waals surface area contributed by atoms with Crippen molar-refractivity contribution in [2.45, 2.75) is 25.9 Å². The maximum absolute atomic E-state index is 11.9. The molecular formula is C19H21NO6. The molecular weight excluding hydrogens is 338 g/mol. The van der Waals surface area contributed by atoms with Crippen LogP contribution in [0.4, 0.5) is 0 Å². The second-order valence-electron chi connectivity index (χ2n) is 5.91. The van der Waals surface area contributed by atoms with Gasteiger partial charge < -0.3 is 10.4 Å². The van der Waals surface area contributed by atoms with E-state index in [1.807, 2.05) is 31.2 Å². The quantitative estimate of drug-likeness (QED) is 0.609. The summed E-state index contributed by atoms with van der Waals surface area (Å²) in [5.41, 5.74) is 3.06. The molecule has 2 aromatic rings. The van der Waals surface area contributed by atoms with Crippen LogP contribution in [0, 0.1) is 6.92 Å². The Kier molecular flexibility index (Phi) is 6.32. The average molecular weight is 359 g/mol. The van der Waals surface area contributed by atoms with Crippen molar-refractivity contribution in [3.05, 3.63) is 70.8 Å². The smallest absolute Gasteiger partial charge is 0.251 e. The molecule has 1 saturated heterocycles. The summed E-state index contributed by atoms with van der Waals surface area (Å²) >= 11 is 0. The van der Waals surface area contributed by atoms with Crippen LogP contribution in [0.2, 0.25) is 0 Å². The van der Waals surface area contributed by atoms with E-state index in [0.29, 0.717) is 24.1 Å². The lowest BCUT2D eigenvalue weighted by atomic mass is 10.1. The van der Waals surface area contributed by atoms with Crippen LogP contribution in [0.15, 0.2) is 48.5 Å². The van der Waals surface area contributed by atoms with E-state index >= 15 is 0 Å². The van der Waals surface area contributed by atoms with E-state index in [1.165, 1.54) is 0 Å². The van der Waals surface area contributed by atoms with Gasteiger partial charge in [-0.25, -0.2) is 0 Å². The highest BCUT2D eigenvalue weighted by Crippen LogP contribution is 2.32. The molecule has 3 rings (SSSR count). The SMILES string of the molecule is Cc1ccc(C2OOC(c3ccc(C(=O)NCCCO)cc3)OO2)cc1. The molecule has 0 radical (unpaired) electrons. The van der Waals surface area contributed by atoms with Crippen molar-refractivity contribution < 1.29 is 29.5 Å². The van der Waals surface area contributed by atoms with E-state index < -0.39 is 12.6 Å². The topological polar surface area (TPSA) is 86.3 Å². The third-order valence-corrected chi connectivity index (χ3v) is 3.88. The monoisotopic (exact) mass is 359 g/mol. The lowest BCUT2D eigenvalue weighted by Gasteiger charge is -2.27. The van der Waals surface area contributed by atoms with Crippen molar-refractivity contribution in [1.29, 1.82) is 0 Å². The third-order valence-electron chi connectivity index (χ3n) is 3.88. The molecule has 138 valence electrons. The fraction of sp³-hybridized carbons (Fsp3) is 0.316. The molecule has 0 aliphatic carbocycles. The number of rotatable bonds is 6. The summed E-state index contributed by atoms with van der Waals surface area (Å²) in [6.45, 7) is 2.46. The van der Waals surface area contributed by atoms with E-state index in [1.54, 1.807) is 24.3 Å². The van der Waals surface area contributed by atoms with Gasteiger partial charge in [-0.3, -0.25) is 4.79 Å². The lowest BCUT2D eigenvalue weighted by molar-refractivity contribution is -0.600. The largest absolute Gasteiger partial charge is 0.396 e. The number of hydrogen-bond acceptors (Lipinski definition) is 6. The predicted molar refractivity (Wildman–Crippen MR) is 91.5 cm³/mol. The second-order valence-corrected chi connectivity index (χ2v) is 5.91. The van der Waals surface area contributed by atoms with E-state index in [0.717, 1.165) is 11.1 Å². The molecule has 1 amide bonds. The van der Waals surface area contributed by atoms with Crippen molar-refractivity contribution >= 4 is 5.91 Å². The fourth-order valence-electron chi connectivity index (χ4n) is 2.35. The molecule has 26 heavy (non-hydrogen) atoms. The van der Waals surface area contributed by atoms with E-state index in [-0.39, 0.29) is 12.5 Å². The van der Waals surface area contributed by atoms with Crippen LogP contribution in [0.3, 0.4) is 0 Å². The zero-order chi connectivity index (χ0) is 18.4. The van der Waals surface area contributed by atoms with Gasteiger partial charge in [0.25, 0.3) is 5.91 Å². The normalized spacial score (nSPS) is 19.9. The molecule has 0 aromatic heterocycles. The zero-order valence-electron chi connectivity index (χ0n) is 14.4. The highest BCUT2D eigenvalue weighted by atomic mass is 17.4. The van der Waals surface area contributed by atoms with E-state index in [9.17, 15) is 4.79 Å². The van der Waals surface area contributed by atoms with Crippen molar-refractivity contribution in [2.24, 2.45) is 0 Å². The van der Waals surface area contributed by atoms with Gasteiger partial charge in [0.05, 0.1) is 0 Å². The van der Waals surface area contributed by atoms with Gasteiger partial charge in [-0.2, -0.15) is 19.6 Å². The van der Waals surface area contributed by atoms with Gasteiger partial charge >= 0.3 is 0 Å². The number of carbonyl (C=O) groups is 1. The Morgan fingerprint density at radius 1 is 0.923 bits per heavy atom. The van der Waals surface area contributed by atoms with Gasteiger partial charge in [-0.1, -0.05) is 42.0 Å². The number of aliphatic hydroxyl groups is 1. The first-order valence-electron chi connectivity index (χ1n) is 8.37. The summed E-state index contributed by atoms with van der Waals surface area (Å²) in [4.78, 5) is 33.0. The molecule has 7 heteroatoms. The Balaban J connectivity index is 1.54. The van der Waals surface area contributed by atoms with Gasteiger partial charge in [0.15, 0.2) is 0 Å². The molecule has 1 heterocycles. The van der Waals surface area contributed by atoms with Gasteiger partial charge in [-0.15, -0.1) is 0 Å². The second kappa shape index (κ2) is 8.88. The number of aryl methyl sites for hydroxylation is 1. The van der Waals surface area contributed by atoms with E-state index in [4.69, 9.17) is 24.7 Å². The van der Waals surface area contributed by atoms with Crippen LogP contribution in [0.1, 0.15) is 46.0 Å². The Bertz CT molecular complexity index is 708. The van der Waals surface area contributed by atoms with Gasteiger partial charge in [-0.05, 0) is 25.5 Å². The number of carbonyl (C=O) groups excluding carboxylic acids is 1. The minimum Gasteiger partial charge on any atom is -0.396 e. The van der Waals surface area contributed by atoms with Crippen molar-refractivity contribution in [3.63, 3.8) is 0 Å². The van der Waals surface area contributed by atoms with Gasteiger partial charge in [0.2, 0.25) is 12.6 Å². The Morgan fingerprint density at radius 3 is 1.92 bits per heavy atom. The Hall–Kier alpha value is -2.29. The van der Waals surface area contributed by atoms with Crippen LogP contribution < -0.4 is 5.32 Å². The average Bonchev–Trinajstić information content (AvgIpc) is 2.69. The third kappa shape index (κ3) is 4.66.